The van der Waals surface area contributed by atoms with Crippen LogP contribution in [0.3, 0.4) is 0 Å². The van der Waals surface area contributed by atoms with E-state index >= 15 is 0 Å². The molecule has 0 atom stereocenters. The van der Waals surface area contributed by atoms with E-state index in [9.17, 15) is 9.90 Å². The van der Waals surface area contributed by atoms with Crippen molar-refractivity contribution >= 4 is 23.4 Å². The third-order valence-corrected chi connectivity index (χ3v) is 4.40. The minimum Gasteiger partial charge on any atom is -0.478 e. The van der Waals surface area contributed by atoms with Gasteiger partial charge in [-0.2, -0.15) is 0 Å². The lowest BCUT2D eigenvalue weighted by atomic mass is 10.1. The van der Waals surface area contributed by atoms with Gasteiger partial charge in [0.25, 0.3) is 0 Å². The largest absolute Gasteiger partial charge is 0.478 e. The lowest BCUT2D eigenvalue weighted by Gasteiger charge is -2.21. The van der Waals surface area contributed by atoms with Crippen molar-refractivity contribution in [1.82, 2.24) is 0 Å². The number of carboxylic acids is 1. The zero-order chi connectivity index (χ0) is 14.1. The summed E-state index contributed by atoms with van der Waals surface area (Å²) < 4.78 is 0. The Balaban J connectivity index is 2.03. The predicted octanol–water partition coefficient (Wildman–Crippen LogP) is 3.63. The molecule has 20 heavy (non-hydrogen) atoms. The molecule has 0 aromatic heterocycles. The Kier molecular flexibility index (Phi) is 3.40. The topological polar surface area (TPSA) is 40.5 Å². The summed E-state index contributed by atoms with van der Waals surface area (Å²) in [5.74, 6) is -0.860. The number of thioether (sulfide) groups is 1. The highest BCUT2D eigenvalue weighted by Crippen LogP contribution is 2.34. The van der Waals surface area contributed by atoms with Crippen molar-refractivity contribution < 1.29 is 9.90 Å². The van der Waals surface area contributed by atoms with Crippen molar-refractivity contribution in [1.29, 1.82) is 0 Å². The fourth-order valence-electron chi connectivity index (χ4n) is 2.67. The summed E-state index contributed by atoms with van der Waals surface area (Å²) in [6.45, 7) is 1.54. The van der Waals surface area contributed by atoms with Crippen LogP contribution in [0.25, 0.3) is 0 Å². The lowest BCUT2D eigenvalue weighted by molar-refractivity contribution is 0.0694. The average molecular weight is 285 g/mol. The minimum atomic E-state index is -0.860. The maximum absolute atomic E-state index is 11.6. The molecule has 0 saturated heterocycles. The summed E-state index contributed by atoms with van der Waals surface area (Å²) in [5.41, 5.74) is 3.77. The van der Waals surface area contributed by atoms with Crippen LogP contribution in [0.15, 0.2) is 47.4 Å². The Morgan fingerprint density at radius 2 is 1.75 bits per heavy atom. The van der Waals surface area contributed by atoms with Gasteiger partial charge in [-0.25, -0.2) is 4.79 Å². The first-order chi connectivity index (χ1) is 9.70. The van der Waals surface area contributed by atoms with Gasteiger partial charge >= 0.3 is 5.97 Å². The molecule has 2 aromatic carbocycles. The fraction of sp³-hybridized carbons (Fsp3) is 0.188. The van der Waals surface area contributed by atoms with Crippen molar-refractivity contribution in [2.45, 2.75) is 18.0 Å². The normalized spacial score (nSPS) is 13.3. The number of carbonyl (C=O) groups is 1. The molecule has 2 aromatic rings. The number of rotatable bonds is 3. The first kappa shape index (κ1) is 13.1. The van der Waals surface area contributed by atoms with E-state index in [0.717, 1.165) is 23.7 Å². The van der Waals surface area contributed by atoms with Crippen LogP contribution < -0.4 is 4.90 Å². The molecule has 3 nitrogen and oxygen atoms in total. The van der Waals surface area contributed by atoms with Crippen LogP contribution in [0.1, 0.15) is 21.5 Å². The summed E-state index contributed by atoms with van der Waals surface area (Å²) in [4.78, 5) is 14.5. The molecule has 0 amide bonds. The molecule has 1 N–H and O–H groups in total. The number of hydrogen-bond acceptors (Lipinski definition) is 3. The Hall–Kier alpha value is -1.94. The third-order valence-electron chi connectivity index (χ3n) is 3.62. The summed E-state index contributed by atoms with van der Waals surface area (Å²) in [6.07, 6.45) is 1.91. The molecular weight excluding hydrogens is 270 g/mol. The number of nitrogens with zero attached hydrogens (tertiary/aromatic N) is 1. The van der Waals surface area contributed by atoms with Crippen LogP contribution in [0.4, 0.5) is 5.69 Å². The van der Waals surface area contributed by atoms with Crippen LogP contribution in [0.5, 0.6) is 0 Å². The molecule has 0 spiro atoms. The van der Waals surface area contributed by atoms with Crippen LogP contribution in [-0.4, -0.2) is 17.3 Å². The molecule has 0 fully saturated rings. The Morgan fingerprint density at radius 1 is 1.10 bits per heavy atom. The summed E-state index contributed by atoms with van der Waals surface area (Å²) in [6, 6.07) is 14.0. The van der Waals surface area contributed by atoms with Gasteiger partial charge in [0, 0.05) is 18.0 Å². The average Bonchev–Trinajstić information content (AvgIpc) is 2.90. The van der Waals surface area contributed by atoms with Gasteiger partial charge in [0.1, 0.15) is 0 Å². The second-order valence-corrected chi connectivity index (χ2v) is 5.63. The quantitative estimate of drug-likeness (QED) is 0.874. The third kappa shape index (κ3) is 2.16. The van der Waals surface area contributed by atoms with Gasteiger partial charge in [0.15, 0.2) is 0 Å². The Morgan fingerprint density at radius 3 is 2.30 bits per heavy atom. The van der Waals surface area contributed by atoms with Gasteiger partial charge in [0.05, 0.1) is 11.3 Å². The van der Waals surface area contributed by atoms with Gasteiger partial charge in [0.2, 0.25) is 0 Å². The first-order valence-electron chi connectivity index (χ1n) is 6.42. The molecule has 1 heterocycles. The summed E-state index contributed by atoms with van der Waals surface area (Å²) >= 11 is 1.47. The highest BCUT2D eigenvalue weighted by molar-refractivity contribution is 7.98. The van der Waals surface area contributed by atoms with E-state index in [-0.39, 0.29) is 0 Å². The van der Waals surface area contributed by atoms with Crippen molar-refractivity contribution in [2.24, 2.45) is 0 Å². The van der Waals surface area contributed by atoms with E-state index < -0.39 is 5.97 Å². The van der Waals surface area contributed by atoms with Gasteiger partial charge in [-0.1, -0.05) is 30.3 Å². The van der Waals surface area contributed by atoms with E-state index in [1.54, 1.807) is 0 Å². The molecule has 4 heteroatoms. The molecule has 1 aliphatic rings. The molecular formula is C16H15NO2S. The minimum absolute atomic E-state index is 0.410. The Labute approximate surface area is 122 Å². The number of anilines is 1. The summed E-state index contributed by atoms with van der Waals surface area (Å²) in [5, 5.41) is 9.51. The van der Waals surface area contributed by atoms with E-state index in [4.69, 9.17) is 0 Å². The smallest absolute Gasteiger partial charge is 0.338 e. The van der Waals surface area contributed by atoms with E-state index in [2.05, 4.69) is 17.0 Å². The molecule has 0 saturated carbocycles. The van der Waals surface area contributed by atoms with Crippen LogP contribution in [-0.2, 0) is 13.1 Å². The van der Waals surface area contributed by atoms with Crippen molar-refractivity contribution in [3.63, 3.8) is 0 Å². The van der Waals surface area contributed by atoms with E-state index in [0.29, 0.717) is 5.56 Å². The maximum atomic E-state index is 11.6. The zero-order valence-electron chi connectivity index (χ0n) is 11.2. The van der Waals surface area contributed by atoms with Crippen molar-refractivity contribution in [3.8, 4) is 0 Å². The van der Waals surface area contributed by atoms with Gasteiger partial charge in [-0.15, -0.1) is 11.8 Å². The number of benzene rings is 2. The fourth-order valence-corrected chi connectivity index (χ4v) is 3.28. The zero-order valence-corrected chi connectivity index (χ0v) is 12.0. The number of carboxylic acid groups (broad SMARTS) is 1. The Bertz CT molecular complexity index is 644. The highest BCUT2D eigenvalue weighted by atomic mass is 32.2. The predicted molar refractivity (Wildman–Crippen MR) is 81.5 cm³/mol. The van der Waals surface area contributed by atoms with Crippen LogP contribution in [0, 0.1) is 0 Å². The van der Waals surface area contributed by atoms with E-state index in [1.165, 1.54) is 22.9 Å². The second kappa shape index (κ2) is 5.21. The van der Waals surface area contributed by atoms with Crippen LogP contribution in [0.2, 0.25) is 0 Å². The maximum Gasteiger partial charge on any atom is 0.338 e. The van der Waals surface area contributed by atoms with Gasteiger partial charge in [-0.3, -0.25) is 0 Å². The number of fused-ring (bicyclic) bond motifs is 1. The molecule has 1 aliphatic heterocycles. The molecule has 3 rings (SSSR count). The first-order valence-corrected chi connectivity index (χ1v) is 7.65. The highest BCUT2D eigenvalue weighted by Gasteiger charge is 2.24. The standard InChI is InChI=1S/C16H15NO2S/c1-20-14-8-4-7-13(15(14)16(18)19)17-9-11-5-2-3-6-12(11)10-17/h2-8H,9-10H2,1H3,(H,18,19). The number of aromatic carboxylic acids is 1. The van der Waals surface area contributed by atoms with Gasteiger partial charge < -0.3 is 10.0 Å². The molecule has 0 unspecified atom stereocenters. The van der Waals surface area contributed by atoms with E-state index in [1.807, 2.05) is 36.6 Å². The molecule has 0 aliphatic carbocycles. The van der Waals surface area contributed by atoms with Crippen LogP contribution >= 0.6 is 11.8 Å². The molecule has 0 radical (unpaired) electrons. The number of hydrogen-bond donors (Lipinski definition) is 1. The molecule has 0 bridgehead atoms. The second-order valence-electron chi connectivity index (χ2n) is 4.78. The monoisotopic (exact) mass is 285 g/mol. The van der Waals surface area contributed by atoms with Crippen molar-refractivity contribution in [2.75, 3.05) is 11.2 Å². The molecule has 102 valence electrons. The lowest BCUT2D eigenvalue weighted by Crippen LogP contribution is -2.18. The van der Waals surface area contributed by atoms with Crippen molar-refractivity contribution in [3.05, 3.63) is 59.2 Å². The van der Waals surface area contributed by atoms with Gasteiger partial charge in [-0.05, 0) is 29.5 Å². The SMILES string of the molecule is CSc1cccc(N2Cc3ccccc3C2)c1C(=O)O. The summed E-state index contributed by atoms with van der Waals surface area (Å²) in [7, 11) is 0.